The lowest BCUT2D eigenvalue weighted by molar-refractivity contribution is 0.107. The van der Waals surface area contributed by atoms with Crippen LogP contribution in [0.25, 0.3) is 0 Å². The molecule has 0 saturated carbocycles. The van der Waals surface area contributed by atoms with Gasteiger partial charge in [0.1, 0.15) is 17.1 Å². The van der Waals surface area contributed by atoms with Crippen LogP contribution >= 0.6 is 7.92 Å². The number of hydrogen-bond acceptors (Lipinski definition) is 3. The van der Waals surface area contributed by atoms with Crippen LogP contribution in [-0.2, 0) is 0 Å². The third kappa shape index (κ3) is 3.57. The quantitative estimate of drug-likeness (QED) is 0.631. The molecule has 0 spiro atoms. The molecule has 126 valence electrons. The molecular formula is C21H19O3P. The fourth-order valence-electron chi connectivity index (χ4n) is 2.71. The molecule has 0 aromatic heterocycles. The highest BCUT2D eigenvalue weighted by atomic mass is 31.1. The predicted octanol–water partition coefficient (Wildman–Crippen LogP) is 3.98. The summed E-state index contributed by atoms with van der Waals surface area (Å²) in [6.07, 6.45) is 0. The molecule has 0 heterocycles. The first-order chi connectivity index (χ1) is 12.3. The lowest BCUT2D eigenvalue weighted by atomic mass is 10.2. The predicted molar refractivity (Wildman–Crippen MR) is 103 cm³/mol. The normalized spacial score (nSPS) is 10.5. The summed E-state index contributed by atoms with van der Waals surface area (Å²) in [4.78, 5) is 13.6. The zero-order valence-electron chi connectivity index (χ0n) is 14.2. The first-order valence-corrected chi connectivity index (χ1v) is 9.26. The van der Waals surface area contributed by atoms with Crippen molar-refractivity contribution in [3.63, 3.8) is 0 Å². The number of benzene rings is 3. The van der Waals surface area contributed by atoms with Crippen LogP contribution in [0.3, 0.4) is 0 Å². The highest BCUT2D eigenvalue weighted by molar-refractivity contribution is 7.88. The van der Waals surface area contributed by atoms with Gasteiger partial charge in [0.25, 0.3) is 0 Å². The van der Waals surface area contributed by atoms with E-state index in [2.05, 4.69) is 0 Å². The van der Waals surface area contributed by atoms with Crippen LogP contribution in [0.2, 0.25) is 0 Å². The standard InChI is InChI=1S/C21H19O3P/c1-23-18-14-9-15-19(24-2)20(18)21(22)25(16-10-5-3-6-11-16)17-12-7-4-8-13-17/h3-15H,1-2H3. The molecule has 3 aromatic carbocycles. The average molecular weight is 350 g/mol. The molecule has 0 saturated heterocycles. The van der Waals surface area contributed by atoms with Crippen molar-refractivity contribution in [3.8, 4) is 11.5 Å². The molecule has 0 unspecified atom stereocenters. The van der Waals surface area contributed by atoms with Crippen LogP contribution in [0, 0.1) is 0 Å². The zero-order chi connectivity index (χ0) is 17.6. The second-order valence-electron chi connectivity index (χ2n) is 5.35. The number of carbonyl (C=O) groups is 1. The van der Waals surface area contributed by atoms with Crippen molar-refractivity contribution >= 4 is 24.1 Å². The van der Waals surface area contributed by atoms with Crippen molar-refractivity contribution in [2.45, 2.75) is 0 Å². The van der Waals surface area contributed by atoms with Crippen molar-refractivity contribution in [1.82, 2.24) is 0 Å². The molecule has 4 heteroatoms. The van der Waals surface area contributed by atoms with Crippen LogP contribution < -0.4 is 20.1 Å². The molecule has 0 aliphatic rings. The van der Waals surface area contributed by atoms with Gasteiger partial charge in [-0.25, -0.2) is 0 Å². The molecule has 0 amide bonds. The highest BCUT2D eigenvalue weighted by Crippen LogP contribution is 2.43. The molecule has 3 rings (SSSR count). The van der Waals surface area contributed by atoms with Crippen molar-refractivity contribution in [3.05, 3.63) is 84.4 Å². The van der Waals surface area contributed by atoms with E-state index in [-0.39, 0.29) is 5.52 Å². The molecule has 0 N–H and O–H groups in total. The summed E-state index contributed by atoms with van der Waals surface area (Å²) >= 11 is 0. The van der Waals surface area contributed by atoms with Crippen molar-refractivity contribution in [1.29, 1.82) is 0 Å². The van der Waals surface area contributed by atoms with Crippen LogP contribution in [-0.4, -0.2) is 19.7 Å². The Labute approximate surface area is 149 Å². The molecule has 3 nitrogen and oxygen atoms in total. The maximum absolute atomic E-state index is 13.6. The molecule has 0 radical (unpaired) electrons. The van der Waals surface area contributed by atoms with Gasteiger partial charge in [0.2, 0.25) is 5.52 Å². The average Bonchev–Trinajstić information content (AvgIpc) is 2.69. The van der Waals surface area contributed by atoms with E-state index in [4.69, 9.17) is 9.47 Å². The summed E-state index contributed by atoms with van der Waals surface area (Å²) in [5.74, 6) is 1.06. The van der Waals surface area contributed by atoms with Gasteiger partial charge in [0.05, 0.1) is 14.2 Å². The zero-order valence-corrected chi connectivity index (χ0v) is 15.1. The molecule has 3 aromatic rings. The summed E-state index contributed by atoms with van der Waals surface area (Å²) in [5.41, 5.74) is 0.507. The first-order valence-electron chi connectivity index (χ1n) is 7.92. The minimum Gasteiger partial charge on any atom is -0.496 e. The van der Waals surface area contributed by atoms with Gasteiger partial charge in [-0.15, -0.1) is 0 Å². The highest BCUT2D eigenvalue weighted by Gasteiger charge is 2.28. The summed E-state index contributed by atoms with van der Waals surface area (Å²) in [5, 5.41) is 2.00. The summed E-state index contributed by atoms with van der Waals surface area (Å²) < 4.78 is 10.9. The van der Waals surface area contributed by atoms with E-state index in [1.165, 1.54) is 0 Å². The molecular weight excluding hydrogens is 331 g/mol. The minimum absolute atomic E-state index is 0.0155. The van der Waals surface area contributed by atoms with Crippen LogP contribution in [0.15, 0.2) is 78.9 Å². The van der Waals surface area contributed by atoms with Crippen LogP contribution in [0.5, 0.6) is 11.5 Å². The van der Waals surface area contributed by atoms with Gasteiger partial charge >= 0.3 is 0 Å². The Morgan fingerprint density at radius 3 is 1.52 bits per heavy atom. The van der Waals surface area contributed by atoms with Gasteiger partial charge in [0, 0.05) is 7.92 Å². The number of hydrogen-bond donors (Lipinski definition) is 0. The van der Waals surface area contributed by atoms with Crippen LogP contribution in [0.4, 0.5) is 0 Å². The Kier molecular flexibility index (Phi) is 5.47. The molecule has 0 bridgehead atoms. The summed E-state index contributed by atoms with van der Waals surface area (Å²) in [6, 6.07) is 25.1. The Bertz CT molecular complexity index is 786. The van der Waals surface area contributed by atoms with E-state index in [1.54, 1.807) is 26.4 Å². The number of methoxy groups -OCH3 is 2. The second-order valence-corrected chi connectivity index (χ2v) is 7.46. The van der Waals surface area contributed by atoms with E-state index in [9.17, 15) is 4.79 Å². The van der Waals surface area contributed by atoms with Gasteiger partial charge in [-0.1, -0.05) is 66.7 Å². The number of ether oxygens (including phenoxy) is 2. The number of rotatable bonds is 6. The SMILES string of the molecule is COc1cccc(OC)c1C(=O)P(c1ccccc1)c1ccccc1. The van der Waals surface area contributed by atoms with Gasteiger partial charge in [0.15, 0.2) is 0 Å². The Morgan fingerprint density at radius 2 is 1.12 bits per heavy atom. The van der Waals surface area contributed by atoms with Crippen LogP contribution in [0.1, 0.15) is 10.4 Å². The van der Waals surface area contributed by atoms with Gasteiger partial charge in [-0.3, -0.25) is 4.79 Å². The van der Waals surface area contributed by atoms with E-state index in [1.807, 2.05) is 66.7 Å². The fourth-order valence-corrected chi connectivity index (χ4v) is 4.86. The van der Waals surface area contributed by atoms with Crippen molar-refractivity contribution < 1.29 is 14.3 Å². The lowest BCUT2D eigenvalue weighted by Gasteiger charge is -2.20. The third-order valence-corrected chi connectivity index (χ3v) is 6.13. The molecule has 0 aliphatic heterocycles. The first kappa shape index (κ1) is 17.2. The second kappa shape index (κ2) is 7.96. The monoisotopic (exact) mass is 350 g/mol. The largest absolute Gasteiger partial charge is 0.496 e. The van der Waals surface area contributed by atoms with Crippen molar-refractivity contribution in [2.75, 3.05) is 14.2 Å². The van der Waals surface area contributed by atoms with E-state index in [0.717, 1.165) is 10.6 Å². The lowest BCUT2D eigenvalue weighted by Crippen LogP contribution is -2.19. The van der Waals surface area contributed by atoms with E-state index in [0.29, 0.717) is 17.1 Å². The Balaban J connectivity index is 2.17. The van der Waals surface area contributed by atoms with Crippen molar-refractivity contribution in [2.24, 2.45) is 0 Å². The number of carbonyl (C=O) groups excluding carboxylic acids is 1. The molecule has 0 aliphatic carbocycles. The van der Waals surface area contributed by atoms with Gasteiger partial charge in [-0.05, 0) is 22.7 Å². The van der Waals surface area contributed by atoms with E-state index >= 15 is 0 Å². The smallest absolute Gasteiger partial charge is 0.200 e. The topological polar surface area (TPSA) is 35.5 Å². The van der Waals surface area contributed by atoms with Gasteiger partial charge < -0.3 is 9.47 Å². The van der Waals surface area contributed by atoms with Gasteiger partial charge in [-0.2, -0.15) is 0 Å². The van der Waals surface area contributed by atoms with E-state index < -0.39 is 7.92 Å². The summed E-state index contributed by atoms with van der Waals surface area (Å²) in [6.45, 7) is 0. The Morgan fingerprint density at radius 1 is 0.680 bits per heavy atom. The fraction of sp³-hybridized carbons (Fsp3) is 0.0952. The minimum atomic E-state index is -1.23. The maximum atomic E-state index is 13.6. The Hall–Kier alpha value is -2.64. The molecule has 25 heavy (non-hydrogen) atoms. The molecule has 0 fully saturated rings. The third-order valence-electron chi connectivity index (χ3n) is 3.87. The maximum Gasteiger partial charge on any atom is 0.200 e. The summed E-state index contributed by atoms with van der Waals surface area (Å²) in [7, 11) is 1.91. The molecule has 0 atom stereocenters.